The van der Waals surface area contributed by atoms with E-state index in [0.29, 0.717) is 12.2 Å². The first-order valence-corrected chi connectivity index (χ1v) is 7.14. The number of hydrogen-bond acceptors (Lipinski definition) is 4. The molecule has 0 amide bonds. The molecule has 102 valence electrons. The summed E-state index contributed by atoms with van der Waals surface area (Å²) in [5, 5.41) is 9.25. The van der Waals surface area contributed by atoms with Gasteiger partial charge in [-0.3, -0.25) is 4.68 Å². The van der Waals surface area contributed by atoms with Crippen molar-refractivity contribution in [3.05, 3.63) is 41.7 Å². The third-order valence-corrected chi connectivity index (χ3v) is 3.73. The van der Waals surface area contributed by atoms with Crippen LogP contribution in [0.15, 0.2) is 35.4 Å². The third-order valence-electron chi connectivity index (χ3n) is 2.71. The highest BCUT2D eigenvalue weighted by Gasteiger charge is 2.15. The molecule has 7 heteroatoms. The van der Waals surface area contributed by atoms with Gasteiger partial charge < -0.3 is 4.74 Å². The molecule has 0 aliphatic carbocycles. The van der Waals surface area contributed by atoms with E-state index in [4.69, 9.17) is 9.88 Å². The van der Waals surface area contributed by atoms with Crippen molar-refractivity contribution in [1.82, 2.24) is 9.78 Å². The minimum Gasteiger partial charge on any atom is -0.497 e. The van der Waals surface area contributed by atoms with Crippen molar-refractivity contribution in [2.75, 3.05) is 7.11 Å². The Morgan fingerprint density at radius 1 is 1.32 bits per heavy atom. The Balaban J connectivity index is 2.24. The van der Waals surface area contributed by atoms with Gasteiger partial charge in [-0.1, -0.05) is 12.1 Å². The smallest absolute Gasteiger partial charge is 0.241 e. The highest BCUT2D eigenvalue weighted by atomic mass is 32.2. The molecule has 2 N–H and O–H groups in total. The number of sulfonamides is 1. The van der Waals surface area contributed by atoms with Crippen LogP contribution in [0, 0.1) is 6.92 Å². The zero-order chi connectivity index (χ0) is 14.0. The standard InChI is InChI=1S/C12H15N3O3S/c1-9-12(19(13,16)17)8-15(14-9)7-10-3-5-11(18-2)6-4-10/h3-6,8H,7H2,1-2H3,(H2,13,16,17). The maximum atomic E-state index is 11.3. The van der Waals surface area contributed by atoms with Crippen LogP contribution in [0.25, 0.3) is 0 Å². The Labute approximate surface area is 111 Å². The molecule has 0 fully saturated rings. The Kier molecular flexibility index (Phi) is 3.59. The van der Waals surface area contributed by atoms with E-state index >= 15 is 0 Å². The summed E-state index contributed by atoms with van der Waals surface area (Å²) in [6, 6.07) is 7.47. The van der Waals surface area contributed by atoms with E-state index in [1.807, 2.05) is 24.3 Å². The molecule has 0 aliphatic heterocycles. The number of aromatic nitrogens is 2. The summed E-state index contributed by atoms with van der Waals surface area (Å²) in [5.74, 6) is 0.769. The van der Waals surface area contributed by atoms with Crippen molar-refractivity contribution in [3.8, 4) is 5.75 Å². The quantitative estimate of drug-likeness (QED) is 0.901. The fraction of sp³-hybridized carbons (Fsp3) is 0.250. The molecule has 0 spiro atoms. The largest absolute Gasteiger partial charge is 0.497 e. The lowest BCUT2D eigenvalue weighted by molar-refractivity contribution is 0.414. The van der Waals surface area contributed by atoms with Gasteiger partial charge in [0, 0.05) is 6.20 Å². The number of aryl methyl sites for hydroxylation is 1. The van der Waals surface area contributed by atoms with Gasteiger partial charge in [0.05, 0.1) is 19.3 Å². The van der Waals surface area contributed by atoms with E-state index in [-0.39, 0.29) is 4.90 Å². The summed E-state index contributed by atoms with van der Waals surface area (Å²) in [6.45, 7) is 2.09. The molecule has 19 heavy (non-hydrogen) atoms. The summed E-state index contributed by atoms with van der Waals surface area (Å²) >= 11 is 0. The van der Waals surface area contributed by atoms with Crippen molar-refractivity contribution < 1.29 is 13.2 Å². The predicted molar refractivity (Wildman–Crippen MR) is 70.4 cm³/mol. The normalized spacial score (nSPS) is 11.5. The second-order valence-electron chi connectivity index (χ2n) is 4.17. The Bertz CT molecular complexity index is 675. The van der Waals surface area contributed by atoms with Crippen LogP contribution in [-0.2, 0) is 16.6 Å². The average molecular weight is 281 g/mol. The summed E-state index contributed by atoms with van der Waals surface area (Å²) in [7, 11) is -2.12. The van der Waals surface area contributed by atoms with Crippen molar-refractivity contribution in [2.45, 2.75) is 18.4 Å². The number of benzene rings is 1. The fourth-order valence-corrected chi connectivity index (χ4v) is 2.50. The van der Waals surface area contributed by atoms with E-state index in [0.717, 1.165) is 11.3 Å². The van der Waals surface area contributed by atoms with Crippen LogP contribution in [0.2, 0.25) is 0 Å². The first-order chi connectivity index (χ1) is 8.90. The van der Waals surface area contributed by atoms with Crippen LogP contribution >= 0.6 is 0 Å². The van der Waals surface area contributed by atoms with Crippen LogP contribution in [0.1, 0.15) is 11.3 Å². The van der Waals surface area contributed by atoms with Gasteiger partial charge in [0.15, 0.2) is 0 Å². The molecule has 0 saturated heterocycles. The first kappa shape index (κ1) is 13.6. The fourth-order valence-electron chi connectivity index (χ4n) is 1.78. The monoisotopic (exact) mass is 281 g/mol. The maximum Gasteiger partial charge on any atom is 0.241 e. The zero-order valence-electron chi connectivity index (χ0n) is 10.7. The van der Waals surface area contributed by atoms with E-state index in [2.05, 4.69) is 5.10 Å². The number of nitrogens with two attached hydrogens (primary N) is 1. The molecule has 1 aromatic heterocycles. The molecule has 0 atom stereocenters. The zero-order valence-corrected chi connectivity index (χ0v) is 11.5. The van der Waals surface area contributed by atoms with Gasteiger partial charge in [-0.05, 0) is 24.6 Å². The van der Waals surface area contributed by atoms with Crippen molar-refractivity contribution >= 4 is 10.0 Å². The summed E-state index contributed by atoms with van der Waals surface area (Å²) in [6.07, 6.45) is 1.44. The van der Waals surface area contributed by atoms with E-state index in [9.17, 15) is 8.42 Å². The van der Waals surface area contributed by atoms with Crippen LogP contribution in [-0.4, -0.2) is 25.3 Å². The SMILES string of the molecule is COc1ccc(Cn2cc(S(N)(=O)=O)c(C)n2)cc1. The second-order valence-corrected chi connectivity index (χ2v) is 5.70. The van der Waals surface area contributed by atoms with Gasteiger partial charge in [0.25, 0.3) is 0 Å². The van der Waals surface area contributed by atoms with Gasteiger partial charge >= 0.3 is 0 Å². The summed E-state index contributed by atoms with van der Waals surface area (Å²) in [5.41, 5.74) is 1.39. The lowest BCUT2D eigenvalue weighted by Gasteiger charge is -2.03. The predicted octanol–water partition coefficient (Wildman–Crippen LogP) is 0.896. The van der Waals surface area contributed by atoms with Gasteiger partial charge in [-0.25, -0.2) is 13.6 Å². The van der Waals surface area contributed by atoms with E-state index in [1.165, 1.54) is 6.20 Å². The summed E-state index contributed by atoms with van der Waals surface area (Å²) in [4.78, 5) is 0.0565. The Hall–Kier alpha value is -1.86. The highest BCUT2D eigenvalue weighted by Crippen LogP contribution is 2.15. The molecule has 6 nitrogen and oxygen atoms in total. The number of primary sulfonamides is 1. The number of rotatable bonds is 4. The molecular formula is C12H15N3O3S. The highest BCUT2D eigenvalue weighted by molar-refractivity contribution is 7.89. The van der Waals surface area contributed by atoms with Gasteiger partial charge in [-0.15, -0.1) is 0 Å². The molecule has 2 rings (SSSR count). The van der Waals surface area contributed by atoms with E-state index < -0.39 is 10.0 Å². The number of ether oxygens (including phenoxy) is 1. The van der Waals surface area contributed by atoms with E-state index in [1.54, 1.807) is 18.7 Å². The molecule has 1 heterocycles. The van der Waals surface area contributed by atoms with Crippen LogP contribution in [0.3, 0.4) is 0 Å². The van der Waals surface area contributed by atoms with Crippen LogP contribution in [0.4, 0.5) is 0 Å². The molecule has 0 bridgehead atoms. The number of methoxy groups -OCH3 is 1. The third kappa shape index (κ3) is 3.12. The van der Waals surface area contributed by atoms with Gasteiger partial charge in [-0.2, -0.15) is 5.10 Å². The van der Waals surface area contributed by atoms with Crippen LogP contribution < -0.4 is 9.88 Å². The maximum absolute atomic E-state index is 11.3. The molecule has 2 aromatic rings. The topological polar surface area (TPSA) is 87.2 Å². The minimum atomic E-state index is -3.72. The second kappa shape index (κ2) is 5.02. The minimum absolute atomic E-state index is 0.0565. The molecule has 0 radical (unpaired) electrons. The Morgan fingerprint density at radius 3 is 2.42 bits per heavy atom. The van der Waals surface area contributed by atoms with Crippen LogP contribution in [0.5, 0.6) is 5.75 Å². The average Bonchev–Trinajstić information content (AvgIpc) is 2.71. The van der Waals surface area contributed by atoms with Crippen molar-refractivity contribution in [3.63, 3.8) is 0 Å². The van der Waals surface area contributed by atoms with Gasteiger partial charge in [0.1, 0.15) is 10.6 Å². The molecule has 1 aromatic carbocycles. The molecule has 0 unspecified atom stereocenters. The molecular weight excluding hydrogens is 266 g/mol. The lowest BCUT2D eigenvalue weighted by atomic mass is 10.2. The van der Waals surface area contributed by atoms with Crippen molar-refractivity contribution in [1.29, 1.82) is 0 Å². The summed E-state index contributed by atoms with van der Waals surface area (Å²) < 4.78 is 29.2. The number of hydrogen-bond donors (Lipinski definition) is 1. The van der Waals surface area contributed by atoms with Gasteiger partial charge in [0.2, 0.25) is 10.0 Å². The lowest BCUT2D eigenvalue weighted by Crippen LogP contribution is -2.12. The molecule has 0 aliphatic rings. The number of nitrogens with zero attached hydrogens (tertiary/aromatic N) is 2. The first-order valence-electron chi connectivity index (χ1n) is 5.60. The van der Waals surface area contributed by atoms with Crippen molar-refractivity contribution in [2.24, 2.45) is 5.14 Å². The molecule has 0 saturated carbocycles. The Morgan fingerprint density at radius 2 is 1.95 bits per heavy atom.